The number of para-hydroxylation sites is 2. The molecule has 0 radical (unpaired) electrons. The van der Waals surface area contributed by atoms with Gasteiger partial charge in [0.15, 0.2) is 0 Å². The molecule has 0 unspecified atom stereocenters. The summed E-state index contributed by atoms with van der Waals surface area (Å²) in [6.07, 6.45) is 3.70. The molecule has 11 rings (SSSR count). The fourth-order valence-electron chi connectivity index (χ4n) is 8.85. The van der Waals surface area contributed by atoms with Crippen LogP contribution in [0, 0.1) is 48.5 Å². The van der Waals surface area contributed by atoms with Gasteiger partial charge >= 0.3 is 52.4 Å². The molecule has 0 amide bonds. The first kappa shape index (κ1) is 84.7. The zero-order valence-electron chi connectivity index (χ0n) is 58.9. The minimum atomic E-state index is -0.337. The van der Waals surface area contributed by atoms with Crippen molar-refractivity contribution in [1.82, 2.24) is 9.97 Å². The van der Waals surface area contributed by atoms with E-state index in [9.17, 15) is 0 Å². The Morgan fingerprint density at radius 3 is 0.705 bits per heavy atom. The van der Waals surface area contributed by atoms with Gasteiger partial charge in [-0.15, -0.1) is 90.6 Å². The smallest absolute Gasteiger partial charge is 0.674 e. The molecule has 9 aromatic carbocycles. The van der Waals surface area contributed by atoms with Gasteiger partial charge in [0.2, 0.25) is 0 Å². The normalized spacial score (nSPS) is 9.98. The van der Waals surface area contributed by atoms with Crippen LogP contribution < -0.4 is 5.32 Å². The molecule has 1 N–H and O–H groups in total. The summed E-state index contributed by atoms with van der Waals surface area (Å²) < 4.78 is 0. The van der Waals surface area contributed by atoms with Crippen LogP contribution in [0.5, 0.6) is 0 Å². The average molecular weight is 1410 g/mol. The van der Waals surface area contributed by atoms with Gasteiger partial charge in [0, 0.05) is 23.8 Å². The van der Waals surface area contributed by atoms with Crippen LogP contribution >= 0.6 is 0 Å². The molecule has 0 fully saturated rings. The van der Waals surface area contributed by atoms with E-state index in [0.29, 0.717) is 23.7 Å². The summed E-state index contributed by atoms with van der Waals surface area (Å²) in [4.78, 5) is 9.04. The van der Waals surface area contributed by atoms with E-state index >= 15 is 0 Å². The Bertz CT molecular complexity index is 3070. The van der Waals surface area contributed by atoms with Crippen LogP contribution in [0.25, 0.3) is 5.32 Å². The van der Waals surface area contributed by atoms with E-state index < -0.39 is 0 Å². The second kappa shape index (κ2) is 47.6. The third kappa shape index (κ3) is 35.7. The topological polar surface area (TPSA) is 51.9 Å². The molecule has 0 saturated carbocycles. The molecular weight excluding hydrogens is 1310 g/mol. The number of hydrogen-bond acceptors (Lipinski definition) is 3. The SMILES string of the molecule is CC(C)c1cccc(C(C)C)c1NC(C)(C)c1ccccn1.CC(C)c1cccc(C(C)C)c1[N-]C(C)(C)c1ccccn1.[CH2-]c1ccccc1.[CH2-]c1ccccc1.[CH2-]c1ccccc1.[CH2-]c1ccccc1.[CH2-]c1ccccc1.[CH2-]c1ccccc1.[CH2-]c1ccccc1.[Zr+4].[Zr+4]. The summed E-state index contributed by atoms with van der Waals surface area (Å²) in [5, 5.41) is 8.91. The van der Waals surface area contributed by atoms with Gasteiger partial charge in [-0.1, -0.05) is 177 Å². The summed E-state index contributed by atoms with van der Waals surface area (Å²) in [6.45, 7) is 52.6. The van der Waals surface area contributed by atoms with Gasteiger partial charge in [-0.05, 0) is 72.9 Å². The second-order valence-electron chi connectivity index (χ2n) is 24.5. The summed E-state index contributed by atoms with van der Waals surface area (Å²) in [5.41, 5.74) is 16.8. The van der Waals surface area contributed by atoms with E-state index in [1.807, 2.05) is 249 Å². The maximum absolute atomic E-state index is 5.14. The maximum atomic E-state index is 5.14. The monoisotopic (exact) mass is 1410 g/mol. The van der Waals surface area contributed by atoms with Crippen molar-refractivity contribution in [3.63, 3.8) is 0 Å². The summed E-state index contributed by atoms with van der Waals surface area (Å²) in [7, 11) is 0. The first-order valence-electron chi connectivity index (χ1n) is 32.1. The maximum Gasteiger partial charge on any atom is 4.00 e. The first-order valence-corrected chi connectivity index (χ1v) is 32.1. The summed E-state index contributed by atoms with van der Waals surface area (Å²) in [5.74, 6) is 1.88. The van der Waals surface area contributed by atoms with Gasteiger partial charge in [0.05, 0.1) is 11.2 Å². The van der Waals surface area contributed by atoms with Crippen LogP contribution in [0.3, 0.4) is 0 Å². The Morgan fingerprint density at radius 2 is 0.505 bits per heavy atom. The van der Waals surface area contributed by atoms with Crippen LogP contribution in [0.2, 0.25) is 0 Å². The van der Waals surface area contributed by atoms with Crippen LogP contribution in [-0.4, -0.2) is 9.97 Å². The largest absolute Gasteiger partial charge is 4.00 e. The number of pyridine rings is 2. The van der Waals surface area contributed by atoms with Gasteiger partial charge in [0.1, 0.15) is 0 Å². The summed E-state index contributed by atoms with van der Waals surface area (Å²) in [6, 6.07) is 94.4. The Balaban J connectivity index is 0.000000564. The fourth-order valence-corrected chi connectivity index (χ4v) is 8.85. The first-order chi connectivity index (χ1) is 44.4. The molecule has 0 aliphatic carbocycles. The van der Waals surface area contributed by atoms with Gasteiger partial charge in [-0.3, -0.25) is 9.97 Å². The number of rotatable bonds is 10. The van der Waals surface area contributed by atoms with E-state index in [0.717, 1.165) is 56.0 Å². The quantitative estimate of drug-likeness (QED) is 0.139. The molecular formula is C89H104N4Zr2. The molecule has 6 heteroatoms. The van der Waals surface area contributed by atoms with Crippen molar-refractivity contribution in [3.8, 4) is 0 Å². The Labute approximate surface area is 615 Å². The van der Waals surface area contributed by atoms with E-state index in [1.165, 1.54) is 27.9 Å². The van der Waals surface area contributed by atoms with E-state index in [4.69, 9.17) is 5.32 Å². The molecule has 488 valence electrons. The van der Waals surface area contributed by atoms with Crippen molar-refractivity contribution < 1.29 is 52.4 Å². The third-order valence-corrected chi connectivity index (χ3v) is 14.0. The van der Waals surface area contributed by atoms with Crippen molar-refractivity contribution in [2.45, 2.75) is 118 Å². The molecule has 11 aromatic rings. The molecule has 95 heavy (non-hydrogen) atoms. The molecule has 4 nitrogen and oxygen atoms in total. The van der Waals surface area contributed by atoms with Gasteiger partial charge in [-0.2, -0.15) is 172 Å². The molecule has 2 heterocycles. The number of nitrogens with zero attached hydrogens (tertiary/aromatic N) is 3. The predicted molar refractivity (Wildman–Crippen MR) is 407 cm³/mol. The fraction of sp³-hybridized carbons (Fsp3) is 0.202. The molecule has 0 atom stereocenters. The number of anilines is 1. The number of benzene rings is 9. The molecule has 0 aliphatic heterocycles. The van der Waals surface area contributed by atoms with Crippen LogP contribution in [0.4, 0.5) is 11.4 Å². The minimum absolute atomic E-state index is 0. The molecule has 0 bridgehead atoms. The average Bonchev–Trinajstić information content (AvgIpc) is 0.822. The van der Waals surface area contributed by atoms with Crippen molar-refractivity contribution in [3.05, 3.63) is 424 Å². The minimum Gasteiger partial charge on any atom is -0.674 e. The predicted octanol–water partition coefficient (Wildman–Crippen LogP) is 25.0. The molecule has 2 aromatic heterocycles. The number of hydrogen-bond donors (Lipinski definition) is 1. The van der Waals surface area contributed by atoms with Crippen LogP contribution in [0.1, 0.15) is 179 Å². The Kier molecular flexibility index (Phi) is 42.5. The van der Waals surface area contributed by atoms with Crippen molar-refractivity contribution in [2.75, 3.05) is 5.32 Å². The van der Waals surface area contributed by atoms with Crippen LogP contribution in [0.15, 0.2) is 298 Å². The van der Waals surface area contributed by atoms with E-state index in [-0.39, 0.29) is 63.5 Å². The Morgan fingerprint density at radius 1 is 0.284 bits per heavy atom. The van der Waals surface area contributed by atoms with Gasteiger partial charge in [0.25, 0.3) is 0 Å². The van der Waals surface area contributed by atoms with Crippen molar-refractivity contribution in [1.29, 1.82) is 0 Å². The van der Waals surface area contributed by atoms with Crippen molar-refractivity contribution >= 4 is 11.4 Å². The van der Waals surface area contributed by atoms with E-state index in [2.05, 4.69) is 195 Å². The zero-order valence-corrected chi connectivity index (χ0v) is 63.8. The second-order valence-corrected chi connectivity index (χ2v) is 24.5. The standard InChI is InChI=1S/C20H28N2.C20H27N2.7C7H7.2Zr/c2*1-14(2)16-10-9-11-17(15(3)4)19(16)22-20(5,6)18-12-7-8-13-21-18;7*1-7-5-3-2-4-6-7;;/h7-15,22H,1-6H3;7-15H,1-6H3;7*2-6H,1H2;;/q;8*-1;2*+4. The number of nitrogens with one attached hydrogen (secondary N) is 1. The van der Waals surface area contributed by atoms with E-state index in [1.54, 1.807) is 0 Å². The molecule has 0 spiro atoms. The molecule has 0 saturated heterocycles. The Hall–Kier alpha value is -8.26. The van der Waals surface area contributed by atoms with Crippen LogP contribution in [-0.2, 0) is 63.5 Å². The van der Waals surface area contributed by atoms with Crippen molar-refractivity contribution in [2.24, 2.45) is 0 Å². The van der Waals surface area contributed by atoms with Gasteiger partial charge in [-0.25, -0.2) is 0 Å². The molecule has 0 aliphatic rings. The van der Waals surface area contributed by atoms with Gasteiger partial charge < -0.3 is 10.6 Å². The zero-order chi connectivity index (χ0) is 68.4. The summed E-state index contributed by atoms with van der Waals surface area (Å²) >= 11 is 0. The third-order valence-electron chi connectivity index (χ3n) is 14.0. The number of aromatic nitrogens is 2.